The Morgan fingerprint density at radius 2 is 1.32 bits per heavy atom. The first-order chi connectivity index (χ1) is 20.8. The van der Waals surface area contributed by atoms with Gasteiger partial charge >= 0.3 is 5.97 Å². The third-order valence-electron chi connectivity index (χ3n) is 6.93. The smallest absolute Gasteiger partial charge is 0.321 e. The van der Waals surface area contributed by atoms with Crippen molar-refractivity contribution in [3.8, 4) is 11.5 Å². The molecule has 0 N–H and O–H groups in total. The van der Waals surface area contributed by atoms with Gasteiger partial charge in [-0.1, -0.05) is 6.07 Å². The van der Waals surface area contributed by atoms with Gasteiger partial charge in [0.1, 0.15) is 23.8 Å². The fraction of sp³-hybridized carbons (Fsp3) is 0.267. The number of carbonyl (C=O) groups excluding carboxylic acids is 2. The van der Waals surface area contributed by atoms with Crippen LogP contribution in [0, 0.1) is 0 Å². The topological polar surface area (TPSA) is 142 Å². The zero-order chi connectivity index (χ0) is 32.2. The van der Waals surface area contributed by atoms with Gasteiger partial charge in [-0.3, -0.25) is 13.9 Å². The molecule has 0 amide bonds. The van der Waals surface area contributed by atoms with Crippen molar-refractivity contribution in [3.05, 3.63) is 78.5 Å². The number of hydrogen-bond donors (Lipinski definition) is 0. The van der Waals surface area contributed by atoms with Crippen molar-refractivity contribution in [2.45, 2.75) is 23.3 Å². The predicted octanol–water partition coefficient (Wildman–Crippen LogP) is 3.34. The molecule has 0 unspecified atom stereocenters. The number of aryl methyl sites for hydroxylation is 1. The molecule has 14 heteroatoms. The number of Topliss-reactive ketones (excluding diaryl/α,β-unsaturated/α-hetero) is 1. The molecule has 0 aliphatic heterocycles. The second-order valence-corrected chi connectivity index (χ2v) is 13.7. The third-order valence-corrected chi connectivity index (χ3v) is 10.5. The van der Waals surface area contributed by atoms with E-state index in [0.29, 0.717) is 28.0 Å². The van der Waals surface area contributed by atoms with Crippen LogP contribution in [0.15, 0.2) is 82.7 Å². The monoisotopic (exact) mass is 643 g/mol. The number of sulfonamides is 2. The Hall–Kier alpha value is -4.40. The average Bonchev–Trinajstić information content (AvgIpc) is 3.34. The Labute approximate surface area is 256 Å². The summed E-state index contributed by atoms with van der Waals surface area (Å²) in [6.07, 6.45) is 1.66. The normalized spacial score (nSPS) is 11.9. The lowest BCUT2D eigenvalue weighted by molar-refractivity contribution is -0.140. The van der Waals surface area contributed by atoms with E-state index < -0.39 is 44.9 Å². The highest BCUT2D eigenvalue weighted by molar-refractivity contribution is 7.93. The van der Waals surface area contributed by atoms with E-state index in [1.807, 2.05) is 0 Å². The van der Waals surface area contributed by atoms with Gasteiger partial charge in [-0.05, 0) is 73.2 Å². The number of nitrogens with zero attached hydrogens (tertiary/aromatic N) is 3. The summed E-state index contributed by atoms with van der Waals surface area (Å²) in [4.78, 5) is 24.7. The van der Waals surface area contributed by atoms with E-state index in [2.05, 4.69) is 0 Å². The number of anilines is 1. The molecular weight excluding hydrogens is 610 g/mol. The number of ketones is 1. The summed E-state index contributed by atoms with van der Waals surface area (Å²) in [5.74, 6) is -0.294. The van der Waals surface area contributed by atoms with Crippen LogP contribution in [0.2, 0.25) is 0 Å². The molecule has 0 saturated heterocycles. The number of fused-ring (bicyclic) bond motifs is 1. The molecule has 12 nitrogen and oxygen atoms in total. The molecule has 3 aromatic carbocycles. The minimum absolute atomic E-state index is 0.0663. The molecule has 1 heterocycles. The standard InChI is InChI=1S/C30H33N3O9S2/c1-21(34)17-33(44(38,39)26-15-11-24(41-4)12-16-26)28-8-6-7-27-30(28)22(18-31(27)2)19-32(20-29(35)42-5)43(36,37)25-13-9-23(40-3)10-14-25/h6-16,18H,17,19-20H2,1-5H3. The van der Waals surface area contributed by atoms with Crippen molar-refractivity contribution < 1.29 is 40.6 Å². The van der Waals surface area contributed by atoms with Crippen LogP contribution in [-0.2, 0) is 48.0 Å². The maximum atomic E-state index is 14.0. The van der Waals surface area contributed by atoms with Crippen LogP contribution in [0.4, 0.5) is 5.69 Å². The minimum atomic E-state index is -4.27. The van der Waals surface area contributed by atoms with E-state index >= 15 is 0 Å². The van der Waals surface area contributed by atoms with Crippen molar-refractivity contribution in [1.29, 1.82) is 0 Å². The van der Waals surface area contributed by atoms with Crippen molar-refractivity contribution in [2.24, 2.45) is 7.05 Å². The maximum Gasteiger partial charge on any atom is 0.321 e. The summed E-state index contributed by atoms with van der Waals surface area (Å²) < 4.78 is 74.3. The summed E-state index contributed by atoms with van der Waals surface area (Å²) >= 11 is 0. The SMILES string of the molecule is COC(=O)CN(Cc1cn(C)c2cccc(N(CC(C)=O)S(=O)(=O)c3ccc(OC)cc3)c12)S(=O)(=O)c1ccc(OC)cc1. The Bertz CT molecular complexity index is 1880. The van der Waals surface area contributed by atoms with Gasteiger partial charge in [0, 0.05) is 25.2 Å². The first-order valence-electron chi connectivity index (χ1n) is 13.3. The van der Waals surface area contributed by atoms with Crippen LogP contribution in [-0.4, -0.2) is 71.9 Å². The number of rotatable bonds is 13. The van der Waals surface area contributed by atoms with Crippen molar-refractivity contribution >= 4 is 48.4 Å². The molecule has 4 rings (SSSR count). The van der Waals surface area contributed by atoms with E-state index in [4.69, 9.17) is 14.2 Å². The van der Waals surface area contributed by atoms with Crippen LogP contribution in [0.25, 0.3) is 10.9 Å². The summed E-state index contributed by atoms with van der Waals surface area (Å²) in [6, 6.07) is 16.4. The van der Waals surface area contributed by atoms with Gasteiger partial charge in [0.15, 0.2) is 0 Å². The number of aromatic nitrogens is 1. The number of hydrogen-bond acceptors (Lipinski definition) is 9. The molecule has 0 aliphatic rings. The number of carbonyl (C=O) groups is 2. The molecule has 4 aromatic rings. The molecule has 0 radical (unpaired) electrons. The molecule has 0 spiro atoms. The van der Waals surface area contributed by atoms with E-state index in [0.717, 1.165) is 15.7 Å². The van der Waals surface area contributed by atoms with Crippen LogP contribution in [0.3, 0.4) is 0 Å². The largest absolute Gasteiger partial charge is 0.497 e. The molecule has 0 aliphatic carbocycles. The van der Waals surface area contributed by atoms with Gasteiger partial charge in [-0.2, -0.15) is 4.31 Å². The van der Waals surface area contributed by atoms with Gasteiger partial charge in [0.05, 0.1) is 48.9 Å². The molecule has 0 atom stereocenters. The van der Waals surface area contributed by atoms with Gasteiger partial charge in [-0.25, -0.2) is 16.8 Å². The highest BCUT2D eigenvalue weighted by Crippen LogP contribution is 2.36. The molecule has 1 aromatic heterocycles. The number of esters is 1. The van der Waals surface area contributed by atoms with Gasteiger partial charge in [0.25, 0.3) is 10.0 Å². The first-order valence-corrected chi connectivity index (χ1v) is 16.2. The van der Waals surface area contributed by atoms with Gasteiger partial charge in [-0.15, -0.1) is 0 Å². The van der Waals surface area contributed by atoms with Crippen molar-refractivity contribution in [2.75, 3.05) is 38.7 Å². The molecule has 234 valence electrons. The molecule has 0 fully saturated rings. The molecular formula is C30H33N3O9S2. The van der Waals surface area contributed by atoms with E-state index in [-0.39, 0.29) is 22.0 Å². The lowest BCUT2D eigenvalue weighted by Crippen LogP contribution is -2.36. The highest BCUT2D eigenvalue weighted by Gasteiger charge is 2.32. The second kappa shape index (κ2) is 13.1. The van der Waals surface area contributed by atoms with E-state index in [1.165, 1.54) is 69.7 Å². The van der Waals surface area contributed by atoms with Crippen molar-refractivity contribution in [1.82, 2.24) is 8.87 Å². The Balaban J connectivity index is 1.88. The van der Waals surface area contributed by atoms with Gasteiger partial charge < -0.3 is 18.8 Å². The Morgan fingerprint density at radius 3 is 1.82 bits per heavy atom. The highest BCUT2D eigenvalue weighted by atomic mass is 32.2. The summed E-state index contributed by atoms with van der Waals surface area (Å²) in [7, 11) is -2.73. The molecule has 0 saturated carbocycles. The average molecular weight is 644 g/mol. The third kappa shape index (κ3) is 6.56. The summed E-state index contributed by atoms with van der Waals surface area (Å²) in [5.41, 5.74) is 1.15. The summed E-state index contributed by atoms with van der Waals surface area (Å²) in [5, 5.41) is 0.396. The number of ether oxygens (including phenoxy) is 3. The second-order valence-electron chi connectivity index (χ2n) is 9.85. The lowest BCUT2D eigenvalue weighted by Gasteiger charge is -2.26. The van der Waals surface area contributed by atoms with Crippen LogP contribution < -0.4 is 13.8 Å². The quantitative estimate of drug-likeness (QED) is 0.201. The maximum absolute atomic E-state index is 14.0. The van der Waals surface area contributed by atoms with Crippen molar-refractivity contribution in [3.63, 3.8) is 0 Å². The predicted molar refractivity (Wildman–Crippen MR) is 164 cm³/mol. The molecule has 44 heavy (non-hydrogen) atoms. The lowest BCUT2D eigenvalue weighted by atomic mass is 10.1. The first kappa shape index (κ1) is 32.5. The Morgan fingerprint density at radius 1 is 0.773 bits per heavy atom. The van der Waals surface area contributed by atoms with Crippen LogP contribution in [0.5, 0.6) is 11.5 Å². The molecule has 0 bridgehead atoms. The van der Waals surface area contributed by atoms with Crippen LogP contribution >= 0.6 is 0 Å². The Kier molecular flexibility index (Phi) is 9.66. The number of benzene rings is 3. The minimum Gasteiger partial charge on any atom is -0.497 e. The fourth-order valence-electron chi connectivity index (χ4n) is 4.74. The van der Waals surface area contributed by atoms with Gasteiger partial charge in [0.2, 0.25) is 10.0 Å². The van der Waals surface area contributed by atoms with E-state index in [9.17, 15) is 26.4 Å². The van der Waals surface area contributed by atoms with E-state index in [1.54, 1.807) is 36.0 Å². The van der Waals surface area contributed by atoms with Crippen LogP contribution in [0.1, 0.15) is 12.5 Å². The zero-order valence-electron chi connectivity index (χ0n) is 24.9. The summed E-state index contributed by atoms with van der Waals surface area (Å²) in [6.45, 7) is -0.112. The fourth-order valence-corrected chi connectivity index (χ4v) is 7.60. The number of methoxy groups -OCH3 is 3. The zero-order valence-corrected chi connectivity index (χ0v) is 26.5.